The van der Waals surface area contributed by atoms with Crippen LogP contribution in [0.15, 0.2) is 18.2 Å². The summed E-state index contributed by atoms with van der Waals surface area (Å²) in [6.07, 6.45) is 2.70. The van der Waals surface area contributed by atoms with Crippen molar-refractivity contribution >= 4 is 5.91 Å². The van der Waals surface area contributed by atoms with Crippen molar-refractivity contribution in [2.75, 3.05) is 13.7 Å². The number of carbonyl (C=O) groups is 1. The lowest BCUT2D eigenvalue weighted by molar-refractivity contribution is 0.0912. The summed E-state index contributed by atoms with van der Waals surface area (Å²) in [4.78, 5) is 12.0. The van der Waals surface area contributed by atoms with Gasteiger partial charge >= 0.3 is 0 Å². The Morgan fingerprint density at radius 1 is 1.53 bits per heavy atom. The Balaban J connectivity index is 2.07. The van der Waals surface area contributed by atoms with Gasteiger partial charge in [-0.15, -0.1) is 0 Å². The van der Waals surface area contributed by atoms with Crippen molar-refractivity contribution in [2.24, 2.45) is 5.92 Å². The molecule has 0 aromatic heterocycles. The maximum absolute atomic E-state index is 13.8. The van der Waals surface area contributed by atoms with Gasteiger partial charge in [-0.25, -0.2) is 4.39 Å². The molecule has 0 heterocycles. The Hall–Kier alpha value is -1.62. The van der Waals surface area contributed by atoms with E-state index in [1.807, 2.05) is 0 Å². The van der Waals surface area contributed by atoms with E-state index in [0.29, 0.717) is 5.75 Å². The van der Waals surface area contributed by atoms with Crippen LogP contribution in [0.1, 0.15) is 29.6 Å². The van der Waals surface area contributed by atoms with Crippen molar-refractivity contribution < 1.29 is 19.0 Å². The van der Waals surface area contributed by atoms with Crippen LogP contribution in [0.4, 0.5) is 4.39 Å². The summed E-state index contributed by atoms with van der Waals surface area (Å²) < 4.78 is 18.6. The highest BCUT2D eigenvalue weighted by Gasteiger charge is 2.28. The summed E-state index contributed by atoms with van der Waals surface area (Å²) >= 11 is 0. The van der Waals surface area contributed by atoms with E-state index in [0.717, 1.165) is 19.3 Å². The predicted molar refractivity (Wildman–Crippen MR) is 68.6 cm³/mol. The molecule has 1 aliphatic carbocycles. The van der Waals surface area contributed by atoms with E-state index < -0.39 is 11.7 Å². The van der Waals surface area contributed by atoms with Crippen LogP contribution in [0.25, 0.3) is 0 Å². The number of amides is 1. The van der Waals surface area contributed by atoms with Crippen molar-refractivity contribution in [2.45, 2.75) is 25.3 Å². The number of aliphatic hydroxyl groups is 1. The Bertz CT molecular complexity index is 464. The van der Waals surface area contributed by atoms with Crippen LogP contribution in [0.2, 0.25) is 0 Å². The zero-order chi connectivity index (χ0) is 13.8. The molecule has 19 heavy (non-hydrogen) atoms. The molecule has 0 radical (unpaired) electrons. The molecule has 2 atom stereocenters. The first-order valence-corrected chi connectivity index (χ1v) is 6.41. The van der Waals surface area contributed by atoms with Crippen LogP contribution in [-0.2, 0) is 0 Å². The second kappa shape index (κ2) is 6.02. The fourth-order valence-corrected chi connectivity index (χ4v) is 2.50. The van der Waals surface area contributed by atoms with Crippen molar-refractivity contribution in [3.8, 4) is 5.75 Å². The highest BCUT2D eigenvalue weighted by Crippen LogP contribution is 2.25. The number of methoxy groups -OCH3 is 1. The summed E-state index contributed by atoms with van der Waals surface area (Å²) in [7, 11) is 1.44. The molecule has 2 N–H and O–H groups in total. The Morgan fingerprint density at radius 3 is 2.95 bits per heavy atom. The van der Waals surface area contributed by atoms with Crippen molar-refractivity contribution in [1.82, 2.24) is 5.32 Å². The summed E-state index contributed by atoms with van der Waals surface area (Å²) in [6.45, 7) is 0.0516. The minimum absolute atomic E-state index is 0.00406. The summed E-state index contributed by atoms with van der Waals surface area (Å²) in [5.41, 5.74) is 0.00406. The van der Waals surface area contributed by atoms with E-state index in [2.05, 4.69) is 5.32 Å². The topological polar surface area (TPSA) is 58.6 Å². The van der Waals surface area contributed by atoms with Gasteiger partial charge in [-0.3, -0.25) is 4.79 Å². The van der Waals surface area contributed by atoms with Crippen LogP contribution >= 0.6 is 0 Å². The van der Waals surface area contributed by atoms with Gasteiger partial charge < -0.3 is 15.2 Å². The number of halogens is 1. The fraction of sp³-hybridized carbons (Fsp3) is 0.500. The molecule has 104 valence electrons. The predicted octanol–water partition coefficient (Wildman–Crippen LogP) is 1.73. The number of hydrogen-bond acceptors (Lipinski definition) is 3. The Labute approximate surface area is 111 Å². The molecule has 2 unspecified atom stereocenters. The number of rotatable bonds is 4. The Kier molecular flexibility index (Phi) is 4.37. The maximum atomic E-state index is 13.8. The van der Waals surface area contributed by atoms with Crippen molar-refractivity contribution in [1.29, 1.82) is 0 Å². The number of carbonyl (C=O) groups excluding carboxylic acids is 1. The van der Waals surface area contributed by atoms with E-state index >= 15 is 0 Å². The average Bonchev–Trinajstić information content (AvgIpc) is 2.85. The van der Waals surface area contributed by atoms with E-state index in [4.69, 9.17) is 4.74 Å². The molecule has 1 aliphatic rings. The van der Waals surface area contributed by atoms with E-state index in [1.54, 1.807) is 6.07 Å². The largest absolute Gasteiger partial charge is 0.497 e. The molecular formula is C14H18FNO3. The number of benzene rings is 1. The molecule has 1 amide bonds. The molecular weight excluding hydrogens is 249 g/mol. The first kappa shape index (κ1) is 13.8. The van der Waals surface area contributed by atoms with Crippen molar-refractivity contribution in [3.05, 3.63) is 29.6 Å². The quantitative estimate of drug-likeness (QED) is 0.873. The lowest BCUT2D eigenvalue weighted by atomic mass is 10.0. The summed E-state index contributed by atoms with van der Waals surface area (Å²) in [5.74, 6) is -0.589. The van der Waals surface area contributed by atoms with Gasteiger partial charge in [0.15, 0.2) is 0 Å². The van der Waals surface area contributed by atoms with Crippen LogP contribution in [0, 0.1) is 11.7 Å². The number of aliphatic hydroxyl groups excluding tert-OH is 1. The molecule has 2 rings (SSSR count). The average molecular weight is 267 g/mol. The minimum atomic E-state index is -0.601. The molecule has 0 spiro atoms. The Morgan fingerprint density at radius 2 is 2.32 bits per heavy atom. The second-order valence-corrected chi connectivity index (χ2v) is 4.80. The van der Waals surface area contributed by atoms with Gasteiger partial charge in [0.05, 0.1) is 12.7 Å². The third-order valence-corrected chi connectivity index (χ3v) is 3.63. The van der Waals surface area contributed by atoms with Crippen LogP contribution in [0.5, 0.6) is 5.75 Å². The molecule has 1 aromatic carbocycles. The van der Waals surface area contributed by atoms with Gasteiger partial charge in [0.25, 0.3) is 5.91 Å². The first-order chi connectivity index (χ1) is 9.15. The standard InChI is InChI=1S/C14H18FNO3/c1-19-10-5-6-11(12(15)7-10)14(18)16-13-4-2-3-9(13)8-17/h5-7,9,13,17H,2-4,8H2,1H3,(H,16,18). The highest BCUT2D eigenvalue weighted by atomic mass is 19.1. The molecule has 0 aliphatic heterocycles. The summed E-state index contributed by atoms with van der Waals surface area (Å²) in [5, 5.41) is 12.0. The lowest BCUT2D eigenvalue weighted by Gasteiger charge is -2.19. The number of nitrogens with one attached hydrogen (secondary N) is 1. The van der Waals surface area contributed by atoms with E-state index in [1.165, 1.54) is 19.2 Å². The van der Waals surface area contributed by atoms with Gasteiger partial charge in [-0.2, -0.15) is 0 Å². The zero-order valence-electron chi connectivity index (χ0n) is 10.9. The normalized spacial score (nSPS) is 22.3. The van der Waals surface area contributed by atoms with E-state index in [-0.39, 0.29) is 24.1 Å². The first-order valence-electron chi connectivity index (χ1n) is 6.41. The molecule has 1 saturated carbocycles. The maximum Gasteiger partial charge on any atom is 0.254 e. The van der Waals surface area contributed by atoms with Gasteiger partial charge in [0, 0.05) is 24.6 Å². The molecule has 1 fully saturated rings. The molecule has 0 saturated heterocycles. The van der Waals surface area contributed by atoms with Gasteiger partial charge in [0.2, 0.25) is 0 Å². The second-order valence-electron chi connectivity index (χ2n) is 4.80. The molecule has 4 nitrogen and oxygen atoms in total. The SMILES string of the molecule is COc1ccc(C(=O)NC2CCCC2CO)c(F)c1. The van der Waals surface area contributed by atoms with E-state index in [9.17, 15) is 14.3 Å². The van der Waals surface area contributed by atoms with Crippen LogP contribution in [0.3, 0.4) is 0 Å². The lowest BCUT2D eigenvalue weighted by Crippen LogP contribution is -2.38. The third kappa shape index (κ3) is 3.04. The zero-order valence-corrected chi connectivity index (χ0v) is 10.9. The molecule has 5 heteroatoms. The number of hydrogen-bond donors (Lipinski definition) is 2. The summed E-state index contributed by atoms with van der Waals surface area (Å²) in [6, 6.07) is 4.08. The number of ether oxygens (including phenoxy) is 1. The minimum Gasteiger partial charge on any atom is -0.497 e. The molecule has 1 aromatic rings. The third-order valence-electron chi connectivity index (χ3n) is 3.63. The van der Waals surface area contributed by atoms with Crippen LogP contribution in [-0.4, -0.2) is 30.8 Å². The van der Waals surface area contributed by atoms with Crippen molar-refractivity contribution in [3.63, 3.8) is 0 Å². The highest BCUT2D eigenvalue weighted by molar-refractivity contribution is 5.94. The molecule has 0 bridgehead atoms. The fourth-order valence-electron chi connectivity index (χ4n) is 2.50. The van der Waals surface area contributed by atoms with Crippen LogP contribution < -0.4 is 10.1 Å². The van der Waals surface area contributed by atoms with Gasteiger partial charge in [-0.1, -0.05) is 6.42 Å². The monoisotopic (exact) mass is 267 g/mol. The van der Waals surface area contributed by atoms with Gasteiger partial charge in [0.1, 0.15) is 11.6 Å². The van der Waals surface area contributed by atoms with Gasteiger partial charge in [-0.05, 0) is 25.0 Å². The smallest absolute Gasteiger partial charge is 0.254 e.